The monoisotopic (exact) mass is 1180 g/mol. The molecule has 3 amide bonds. The molecule has 0 unspecified atom stereocenters. The zero-order chi connectivity index (χ0) is 57.7. The molecule has 6 aliphatic heterocycles. The number of ether oxygens (including phenoxy) is 6. The zero-order valence-corrected chi connectivity index (χ0v) is 49.3. The lowest BCUT2D eigenvalue weighted by Crippen LogP contribution is -2.36. The predicted molar refractivity (Wildman–Crippen MR) is 266 cm³/mol. The maximum absolute atomic E-state index is 15.7. The third-order valence-corrected chi connectivity index (χ3v) is 28.3. The third kappa shape index (κ3) is 6.32. The SMILES string of the molecule is CN(C)C(=O)c1c2c(c(C(c3c4c(c(C(=O)N(C)C)c5c3S(=O)(=O)C(C)(C)O5)OC(C)(C)S4(=O)=O)c3c4c(c(C(=O)N(C)C)c5c3S(=O)(=O)C(C)(C)O5)OC(C)(C)S4(=O)=O)c3c1OC(C)(C)S3(=O)=O)S(=O)(=O)C(C)(C)O2. The first-order valence-electron chi connectivity index (χ1n) is 23.0. The van der Waals surface area contributed by atoms with Crippen molar-refractivity contribution in [1.82, 2.24) is 14.7 Å². The van der Waals surface area contributed by atoms with E-state index in [1.807, 2.05) is 0 Å². The summed E-state index contributed by atoms with van der Waals surface area (Å²) in [5.74, 6) is -12.3. The van der Waals surface area contributed by atoms with E-state index in [2.05, 4.69) is 0 Å². The van der Waals surface area contributed by atoms with Crippen molar-refractivity contribution in [2.75, 3.05) is 42.3 Å². The van der Waals surface area contributed by atoms with Crippen LogP contribution in [-0.4, -0.2) is 155 Å². The van der Waals surface area contributed by atoms with Crippen LogP contribution in [-0.2, 0) is 59.0 Å². The second kappa shape index (κ2) is 15.0. The van der Waals surface area contributed by atoms with Crippen LogP contribution in [0.1, 0.15) is 137 Å². The summed E-state index contributed by atoms with van der Waals surface area (Å²) in [6.07, 6.45) is 0. The van der Waals surface area contributed by atoms with Gasteiger partial charge in [0.15, 0.2) is 34.5 Å². The highest BCUT2D eigenvalue weighted by molar-refractivity contribution is 7.95. The molecule has 416 valence electrons. The van der Waals surface area contributed by atoms with E-state index < -0.39 is 210 Å². The number of sulfone groups is 6. The van der Waals surface area contributed by atoms with Crippen molar-refractivity contribution in [3.05, 3.63) is 33.4 Å². The van der Waals surface area contributed by atoms with Crippen molar-refractivity contribution in [2.24, 2.45) is 0 Å². The highest BCUT2D eigenvalue weighted by Crippen LogP contribution is 2.68. The lowest BCUT2D eigenvalue weighted by atomic mass is 9.82. The van der Waals surface area contributed by atoms with Crippen molar-refractivity contribution in [1.29, 1.82) is 0 Å². The summed E-state index contributed by atoms with van der Waals surface area (Å²) in [5.41, 5.74) is -6.38. The molecule has 3 aromatic carbocycles. The van der Waals surface area contributed by atoms with Crippen LogP contribution in [0.3, 0.4) is 0 Å². The Morgan fingerprint density at radius 2 is 0.434 bits per heavy atom. The Morgan fingerprint density at radius 3 is 0.553 bits per heavy atom. The van der Waals surface area contributed by atoms with Crippen molar-refractivity contribution in [3.63, 3.8) is 0 Å². The molecule has 0 spiro atoms. The first-order chi connectivity index (χ1) is 34.0. The Morgan fingerprint density at radius 1 is 0.303 bits per heavy atom. The molecular formula is C46H55N3O21S6. The van der Waals surface area contributed by atoms with Gasteiger partial charge in [0.25, 0.3) is 17.7 Å². The second-order valence-electron chi connectivity index (χ2n) is 22.4. The van der Waals surface area contributed by atoms with Gasteiger partial charge >= 0.3 is 0 Å². The molecule has 6 heterocycles. The van der Waals surface area contributed by atoms with Gasteiger partial charge in [-0.3, -0.25) is 14.4 Å². The minimum absolute atomic E-state index is 0.839. The summed E-state index contributed by atoms with van der Waals surface area (Å²) in [6, 6.07) is 0. The van der Waals surface area contributed by atoms with Gasteiger partial charge in [-0.25, -0.2) is 50.5 Å². The Labute approximate surface area is 440 Å². The molecule has 24 nitrogen and oxygen atoms in total. The van der Waals surface area contributed by atoms with E-state index in [4.69, 9.17) is 28.4 Å². The number of hydrogen-bond acceptors (Lipinski definition) is 21. The van der Waals surface area contributed by atoms with Crippen molar-refractivity contribution in [3.8, 4) is 34.5 Å². The van der Waals surface area contributed by atoms with Gasteiger partial charge in [0.1, 0.15) is 46.1 Å². The number of rotatable bonds is 6. The van der Waals surface area contributed by atoms with Gasteiger partial charge in [-0.15, -0.1) is 0 Å². The van der Waals surface area contributed by atoms with E-state index in [-0.39, 0.29) is 0 Å². The number of nitrogens with zero attached hydrogens (tertiary/aromatic N) is 3. The molecule has 76 heavy (non-hydrogen) atoms. The van der Waals surface area contributed by atoms with Crippen LogP contribution in [0.25, 0.3) is 0 Å². The Balaban J connectivity index is 1.77. The highest BCUT2D eigenvalue weighted by Gasteiger charge is 2.66. The standard InChI is InChI=1S/C46H55N3O21S6/c1-41(2)65-26-23(38(50)47(13)14)27-33(72(55,56)42(3,4)66-27)20(32(26)71(41,53)54)19(21-34-28(67-43(5,6)73(34,57)58)24(39(51)48(15)16)29-35(21)74(59,60)44(7,8)68-29)22-36-30(69-45(9,10)75(36,61)62)25(40(52)49(17)18)31-37(22)76(63,64)46(11,12)70-31/h19H,1-18H3. The van der Waals surface area contributed by atoms with Gasteiger partial charge in [-0.1, -0.05) is 0 Å². The van der Waals surface area contributed by atoms with E-state index >= 15 is 50.5 Å². The number of carbonyl (C=O) groups is 3. The normalized spacial score (nSPS) is 23.6. The second-order valence-corrected chi connectivity index (χ2v) is 36.8. The molecule has 3 aromatic rings. The van der Waals surface area contributed by atoms with Gasteiger partial charge in [0, 0.05) is 64.9 Å². The van der Waals surface area contributed by atoms with Gasteiger partial charge in [-0.05, 0) is 83.1 Å². The largest absolute Gasteiger partial charge is 0.469 e. The molecular weight excluding hydrogens is 1120 g/mol. The number of hydrogen-bond donors (Lipinski definition) is 0. The summed E-state index contributed by atoms with van der Waals surface area (Å²) < 4.78 is 226. The molecule has 6 aliphatic rings. The molecule has 0 radical (unpaired) electrons. The maximum Gasteiger partial charge on any atom is 0.261 e. The smallest absolute Gasteiger partial charge is 0.261 e. The van der Waals surface area contributed by atoms with Crippen LogP contribution >= 0.6 is 0 Å². The number of fused-ring (bicyclic) bond motifs is 6. The molecule has 0 bridgehead atoms. The average molecular weight is 1180 g/mol. The molecule has 0 fully saturated rings. The van der Waals surface area contributed by atoms with E-state index in [0.29, 0.717) is 0 Å². The Kier molecular flexibility index (Phi) is 10.9. The van der Waals surface area contributed by atoms with E-state index in [9.17, 15) is 14.4 Å². The first kappa shape index (κ1) is 55.3. The molecule has 0 aromatic heterocycles. The van der Waals surface area contributed by atoms with Gasteiger partial charge in [0.2, 0.25) is 88.6 Å². The van der Waals surface area contributed by atoms with Crippen LogP contribution < -0.4 is 28.4 Å². The van der Waals surface area contributed by atoms with Gasteiger partial charge in [0.05, 0.1) is 0 Å². The minimum Gasteiger partial charge on any atom is -0.469 e. The topological polar surface area (TPSA) is 321 Å². The van der Waals surface area contributed by atoms with Crippen LogP contribution in [0.15, 0.2) is 29.4 Å². The summed E-state index contributed by atoms with van der Waals surface area (Å²) in [7, 11) is -25.4. The van der Waals surface area contributed by atoms with Gasteiger partial charge in [-0.2, -0.15) is 0 Å². The van der Waals surface area contributed by atoms with E-state index in [1.165, 1.54) is 42.3 Å². The average Bonchev–Trinajstić information content (AvgIpc) is 3.84. The predicted octanol–water partition coefficient (Wildman–Crippen LogP) is 3.39. The van der Waals surface area contributed by atoms with Gasteiger partial charge < -0.3 is 43.1 Å². The number of benzene rings is 3. The van der Waals surface area contributed by atoms with E-state index in [1.54, 1.807) is 0 Å². The van der Waals surface area contributed by atoms with Crippen LogP contribution in [0, 0.1) is 0 Å². The van der Waals surface area contributed by atoms with Crippen molar-refractivity contribution >= 4 is 76.7 Å². The Hall–Kier alpha value is -5.43. The molecule has 0 saturated heterocycles. The fraction of sp³-hybridized carbons (Fsp3) is 0.543. The third-order valence-electron chi connectivity index (χ3n) is 14.4. The van der Waals surface area contributed by atoms with Crippen LogP contribution in [0.4, 0.5) is 0 Å². The van der Waals surface area contributed by atoms with Crippen LogP contribution in [0.2, 0.25) is 0 Å². The first-order valence-corrected chi connectivity index (χ1v) is 31.9. The molecule has 30 heteroatoms. The minimum atomic E-state index is -5.45. The maximum atomic E-state index is 15.7. The van der Waals surface area contributed by atoms with Crippen LogP contribution in [0.5, 0.6) is 34.5 Å². The lowest BCUT2D eigenvalue weighted by molar-refractivity contribution is 0.0802. The number of carbonyl (C=O) groups excluding carboxylic acids is 3. The van der Waals surface area contributed by atoms with E-state index in [0.717, 1.165) is 97.8 Å². The summed E-state index contributed by atoms with van der Waals surface area (Å²) in [6.45, 7) is 11.9. The molecule has 0 atom stereocenters. The fourth-order valence-corrected chi connectivity index (χ4v) is 19.7. The lowest BCUT2D eigenvalue weighted by Gasteiger charge is -2.29. The molecule has 0 N–H and O–H groups in total. The molecule has 0 aliphatic carbocycles. The van der Waals surface area contributed by atoms with Crippen molar-refractivity contribution in [2.45, 2.75) is 148 Å². The Bertz CT molecular complexity index is 3440. The number of amides is 3. The van der Waals surface area contributed by atoms with Crippen molar-refractivity contribution < 1.29 is 93.3 Å². The summed E-state index contributed by atoms with van der Waals surface area (Å²) in [4.78, 5) is 23.5. The molecule has 9 rings (SSSR count). The quantitative estimate of drug-likeness (QED) is 0.319. The summed E-state index contributed by atoms with van der Waals surface area (Å²) in [5, 5.41) is 0. The molecule has 0 saturated carbocycles. The fourth-order valence-electron chi connectivity index (χ4n) is 9.97. The zero-order valence-electron chi connectivity index (χ0n) is 44.4. The summed E-state index contributed by atoms with van der Waals surface area (Å²) >= 11 is 0. The highest BCUT2D eigenvalue weighted by atomic mass is 32.2.